The number of aliphatic imine (C=N–C) groups is 1. The molecular formula is C18H17IN4. The van der Waals surface area contributed by atoms with Gasteiger partial charge >= 0.3 is 0 Å². The van der Waals surface area contributed by atoms with Gasteiger partial charge < -0.3 is 4.90 Å². The molecule has 1 aromatic heterocycles. The number of benzene rings is 1. The summed E-state index contributed by atoms with van der Waals surface area (Å²) in [6.07, 6.45) is 9.22. The quantitative estimate of drug-likeness (QED) is 0.614. The summed E-state index contributed by atoms with van der Waals surface area (Å²) in [6, 6.07) is 6.52. The van der Waals surface area contributed by atoms with Gasteiger partial charge in [-0.25, -0.2) is 9.98 Å². The molecule has 2 aliphatic rings. The summed E-state index contributed by atoms with van der Waals surface area (Å²) >= 11 is 2.43. The van der Waals surface area contributed by atoms with E-state index in [1.165, 1.54) is 20.4 Å². The Morgan fingerprint density at radius 1 is 1.22 bits per heavy atom. The molecule has 2 aliphatic heterocycles. The zero-order valence-electron chi connectivity index (χ0n) is 13.1. The van der Waals surface area contributed by atoms with Crippen molar-refractivity contribution in [1.82, 2.24) is 14.5 Å². The predicted octanol–water partition coefficient (Wildman–Crippen LogP) is 3.74. The Balaban J connectivity index is 1.87. The van der Waals surface area contributed by atoms with Crippen LogP contribution in [-0.4, -0.2) is 26.8 Å². The lowest BCUT2D eigenvalue weighted by atomic mass is 9.96. The second kappa shape index (κ2) is 5.63. The van der Waals surface area contributed by atoms with E-state index in [9.17, 15) is 0 Å². The Bertz CT molecular complexity index is 873. The Labute approximate surface area is 149 Å². The first-order chi connectivity index (χ1) is 11.1. The van der Waals surface area contributed by atoms with Crippen LogP contribution in [-0.2, 0) is 6.42 Å². The van der Waals surface area contributed by atoms with Crippen molar-refractivity contribution in [1.29, 1.82) is 0 Å². The van der Waals surface area contributed by atoms with E-state index >= 15 is 0 Å². The Kier molecular flexibility index (Phi) is 3.60. The molecule has 0 N–H and O–H groups in total. The van der Waals surface area contributed by atoms with E-state index in [0.717, 1.165) is 30.3 Å². The fraction of sp³-hybridized carbons (Fsp3) is 0.222. The highest BCUT2D eigenvalue weighted by atomic mass is 127. The van der Waals surface area contributed by atoms with Gasteiger partial charge in [-0.3, -0.25) is 4.57 Å². The molecular weight excluding hydrogens is 399 g/mol. The number of aryl methyl sites for hydroxylation is 2. The highest BCUT2D eigenvalue weighted by Gasteiger charge is 2.23. The van der Waals surface area contributed by atoms with E-state index < -0.39 is 0 Å². The van der Waals surface area contributed by atoms with Gasteiger partial charge in [-0.15, -0.1) is 0 Å². The van der Waals surface area contributed by atoms with E-state index in [1.54, 1.807) is 0 Å². The monoisotopic (exact) mass is 416 g/mol. The van der Waals surface area contributed by atoms with Gasteiger partial charge in [0.15, 0.2) is 0 Å². The van der Waals surface area contributed by atoms with E-state index in [-0.39, 0.29) is 0 Å². The fourth-order valence-electron chi connectivity index (χ4n) is 3.21. The number of hydrogen-bond acceptors (Lipinski definition) is 3. The maximum absolute atomic E-state index is 4.63. The van der Waals surface area contributed by atoms with Crippen molar-refractivity contribution in [3.05, 3.63) is 69.1 Å². The summed E-state index contributed by atoms with van der Waals surface area (Å²) in [5, 5.41) is 0. The molecule has 0 unspecified atom stereocenters. The Morgan fingerprint density at radius 2 is 2.09 bits per heavy atom. The molecule has 116 valence electrons. The molecule has 3 heterocycles. The summed E-state index contributed by atoms with van der Waals surface area (Å²) in [5.41, 5.74) is 4.95. The molecule has 4 rings (SSSR count). The number of halogens is 1. The molecule has 0 fully saturated rings. The second-order valence-electron chi connectivity index (χ2n) is 5.82. The number of nitrogens with zero attached hydrogens (tertiary/aromatic N) is 4. The number of allylic oxidation sites excluding steroid dienone is 1. The Hall–Kier alpha value is -1.89. The molecule has 0 amide bonds. The first kappa shape index (κ1) is 14.7. The maximum Gasteiger partial charge on any atom is 0.140 e. The van der Waals surface area contributed by atoms with Crippen molar-refractivity contribution in [2.45, 2.75) is 20.3 Å². The fourth-order valence-corrected chi connectivity index (χ4v) is 3.98. The lowest BCUT2D eigenvalue weighted by Crippen LogP contribution is -2.26. The zero-order valence-corrected chi connectivity index (χ0v) is 15.3. The number of aromatic nitrogens is 2. The first-order valence-corrected chi connectivity index (χ1v) is 8.75. The van der Waals surface area contributed by atoms with Gasteiger partial charge in [0.1, 0.15) is 11.7 Å². The van der Waals surface area contributed by atoms with Crippen molar-refractivity contribution < 1.29 is 0 Å². The summed E-state index contributed by atoms with van der Waals surface area (Å²) in [6.45, 7) is 5.01. The predicted molar refractivity (Wildman–Crippen MR) is 101 cm³/mol. The van der Waals surface area contributed by atoms with Crippen LogP contribution in [0, 0.1) is 17.4 Å². The van der Waals surface area contributed by atoms with Crippen LogP contribution < -0.4 is 0 Å². The van der Waals surface area contributed by atoms with Gasteiger partial charge in [0.05, 0.1) is 11.4 Å². The molecule has 1 aromatic carbocycles. The third-order valence-corrected chi connectivity index (χ3v) is 5.29. The molecule has 0 spiro atoms. The number of fused-ring (bicyclic) bond motifs is 3. The summed E-state index contributed by atoms with van der Waals surface area (Å²) < 4.78 is 3.39. The number of imidazole rings is 1. The molecule has 0 radical (unpaired) electrons. The van der Waals surface area contributed by atoms with Crippen molar-refractivity contribution >= 4 is 34.1 Å². The topological polar surface area (TPSA) is 33.4 Å². The molecule has 0 atom stereocenters. The Morgan fingerprint density at radius 3 is 2.87 bits per heavy atom. The average molecular weight is 416 g/mol. The first-order valence-electron chi connectivity index (χ1n) is 7.67. The van der Waals surface area contributed by atoms with E-state index in [1.807, 2.05) is 26.2 Å². The van der Waals surface area contributed by atoms with E-state index in [4.69, 9.17) is 0 Å². The van der Waals surface area contributed by atoms with Crippen molar-refractivity contribution in [3.63, 3.8) is 0 Å². The van der Waals surface area contributed by atoms with Gasteiger partial charge in [-0.1, -0.05) is 12.1 Å². The van der Waals surface area contributed by atoms with Crippen molar-refractivity contribution in [2.75, 3.05) is 6.54 Å². The highest BCUT2D eigenvalue weighted by Crippen LogP contribution is 2.32. The minimum absolute atomic E-state index is 0.906. The summed E-state index contributed by atoms with van der Waals surface area (Å²) in [5.74, 6) is 1.86. The summed E-state index contributed by atoms with van der Waals surface area (Å²) in [7, 11) is 0. The second-order valence-corrected chi connectivity index (χ2v) is 6.99. The molecule has 23 heavy (non-hydrogen) atoms. The molecule has 5 heteroatoms. The van der Waals surface area contributed by atoms with Gasteiger partial charge in [0, 0.05) is 40.4 Å². The molecule has 4 nitrogen and oxygen atoms in total. The number of rotatable bonds is 0. The minimum Gasteiger partial charge on any atom is -0.346 e. The third kappa shape index (κ3) is 2.52. The maximum atomic E-state index is 4.63. The van der Waals surface area contributed by atoms with Crippen molar-refractivity contribution in [3.8, 4) is 0 Å². The van der Waals surface area contributed by atoms with Crippen LogP contribution in [0.2, 0.25) is 0 Å². The van der Waals surface area contributed by atoms with Crippen LogP contribution in [0.25, 0.3) is 5.70 Å². The van der Waals surface area contributed by atoms with Crippen LogP contribution >= 0.6 is 22.6 Å². The standard InChI is InChI=1S/C18H17IN4/c1-12-11-23(13(2)21-12)18-10-17-15-4-3-5-16(19)14(15)6-8-22(17)9-7-20-18/h3-5,7,9-11H,6,8H2,1-2H3. The van der Waals surface area contributed by atoms with Crippen LogP contribution in [0.1, 0.15) is 22.6 Å². The molecule has 0 saturated carbocycles. The lowest BCUT2D eigenvalue weighted by Gasteiger charge is -2.30. The molecule has 2 aromatic rings. The highest BCUT2D eigenvalue weighted by molar-refractivity contribution is 14.1. The van der Waals surface area contributed by atoms with Crippen LogP contribution in [0.4, 0.5) is 0 Å². The minimum atomic E-state index is 0.906. The number of hydrogen-bond donors (Lipinski definition) is 0. The molecule has 0 aliphatic carbocycles. The smallest absolute Gasteiger partial charge is 0.140 e. The lowest BCUT2D eigenvalue weighted by molar-refractivity contribution is 0.515. The van der Waals surface area contributed by atoms with Crippen LogP contribution in [0.5, 0.6) is 0 Å². The van der Waals surface area contributed by atoms with Crippen molar-refractivity contribution in [2.24, 2.45) is 4.99 Å². The van der Waals surface area contributed by atoms with Gasteiger partial charge in [0.25, 0.3) is 0 Å². The van der Waals surface area contributed by atoms with Crippen LogP contribution in [0.15, 0.2) is 47.9 Å². The van der Waals surface area contributed by atoms with E-state index in [0.29, 0.717) is 0 Å². The molecule has 0 saturated heterocycles. The summed E-state index contributed by atoms with van der Waals surface area (Å²) in [4.78, 5) is 11.4. The zero-order chi connectivity index (χ0) is 16.0. The SMILES string of the molecule is Cc1cn(C2=NC=CN3CCc4c(I)cccc4C3=C2)c(C)n1. The average Bonchev–Trinajstić information content (AvgIpc) is 2.74. The van der Waals surface area contributed by atoms with Gasteiger partial charge in [-0.05, 0) is 54.5 Å². The van der Waals surface area contributed by atoms with Gasteiger partial charge in [0.2, 0.25) is 0 Å². The normalized spacial score (nSPS) is 16.4. The van der Waals surface area contributed by atoms with E-state index in [2.05, 4.69) is 72.5 Å². The van der Waals surface area contributed by atoms with Crippen LogP contribution in [0.3, 0.4) is 0 Å². The largest absolute Gasteiger partial charge is 0.346 e. The third-order valence-electron chi connectivity index (χ3n) is 4.28. The molecule has 0 bridgehead atoms. The van der Waals surface area contributed by atoms with Gasteiger partial charge in [-0.2, -0.15) is 0 Å².